The number of anilines is 1. The van der Waals surface area contributed by atoms with Gasteiger partial charge in [0.25, 0.3) is 15.9 Å². The van der Waals surface area contributed by atoms with Crippen LogP contribution in [-0.4, -0.2) is 20.9 Å². The molecule has 0 aliphatic heterocycles. The zero-order valence-corrected chi connectivity index (χ0v) is 17.3. The average Bonchev–Trinajstić information content (AvgIpc) is 2.74. The summed E-state index contributed by atoms with van der Waals surface area (Å²) in [6.07, 6.45) is 0. The van der Waals surface area contributed by atoms with Crippen molar-refractivity contribution in [3.63, 3.8) is 0 Å². The molecule has 3 aromatic carbocycles. The summed E-state index contributed by atoms with van der Waals surface area (Å²) in [5.74, 6) is -0.314. The first-order valence-corrected chi connectivity index (χ1v) is 10.9. The van der Waals surface area contributed by atoms with Crippen molar-refractivity contribution in [2.45, 2.75) is 25.3 Å². The first kappa shape index (κ1) is 20.6. The maximum Gasteiger partial charge on any atom is 0.264 e. The van der Waals surface area contributed by atoms with Crippen LogP contribution in [0.5, 0.6) is 0 Å². The fraction of sp³-hybridized carbons (Fsp3) is 0.174. The molecule has 1 N–H and O–H groups in total. The minimum absolute atomic E-state index is 0.0891. The Morgan fingerprint density at radius 2 is 1.62 bits per heavy atom. The first-order chi connectivity index (χ1) is 13.9. The lowest BCUT2D eigenvalue weighted by Gasteiger charge is -2.23. The van der Waals surface area contributed by atoms with Crippen molar-refractivity contribution in [3.8, 4) is 0 Å². The maximum absolute atomic E-state index is 13.1. The van der Waals surface area contributed by atoms with Crippen molar-refractivity contribution in [2.75, 3.05) is 10.8 Å². The molecule has 1 amide bonds. The molecule has 0 bridgehead atoms. The molecule has 150 valence electrons. The number of rotatable bonds is 7. The van der Waals surface area contributed by atoms with Crippen LogP contribution < -0.4 is 9.62 Å². The number of para-hydroxylation sites is 1. The van der Waals surface area contributed by atoms with E-state index in [0.29, 0.717) is 17.8 Å². The number of nitrogens with one attached hydrogen (secondary N) is 1. The van der Waals surface area contributed by atoms with Gasteiger partial charge in [0, 0.05) is 18.7 Å². The van der Waals surface area contributed by atoms with E-state index in [1.165, 1.54) is 16.4 Å². The third-order valence-corrected chi connectivity index (χ3v) is 6.49. The summed E-state index contributed by atoms with van der Waals surface area (Å²) >= 11 is 0. The van der Waals surface area contributed by atoms with Crippen LogP contribution in [0.2, 0.25) is 0 Å². The van der Waals surface area contributed by atoms with Gasteiger partial charge in [-0.1, -0.05) is 54.1 Å². The lowest BCUT2D eigenvalue weighted by molar-refractivity contribution is 0.0950. The minimum Gasteiger partial charge on any atom is -0.348 e. The maximum atomic E-state index is 13.1. The second-order valence-corrected chi connectivity index (χ2v) is 8.56. The van der Waals surface area contributed by atoms with E-state index in [1.807, 2.05) is 37.3 Å². The van der Waals surface area contributed by atoms with E-state index in [0.717, 1.165) is 11.1 Å². The van der Waals surface area contributed by atoms with Gasteiger partial charge in [-0.2, -0.15) is 0 Å². The fourth-order valence-electron chi connectivity index (χ4n) is 3.00. The molecule has 5 nitrogen and oxygen atoms in total. The zero-order chi connectivity index (χ0) is 20.9. The third-order valence-electron chi connectivity index (χ3n) is 4.59. The average molecular weight is 409 g/mol. The predicted molar refractivity (Wildman–Crippen MR) is 115 cm³/mol. The highest BCUT2D eigenvalue weighted by Crippen LogP contribution is 2.23. The van der Waals surface area contributed by atoms with Crippen LogP contribution >= 0.6 is 0 Å². The molecule has 0 unspecified atom stereocenters. The van der Waals surface area contributed by atoms with E-state index in [4.69, 9.17) is 0 Å². The van der Waals surface area contributed by atoms with Gasteiger partial charge in [-0.25, -0.2) is 8.42 Å². The summed E-state index contributed by atoms with van der Waals surface area (Å²) in [5, 5.41) is 2.84. The number of hydrogen-bond acceptors (Lipinski definition) is 3. The number of amides is 1. The first-order valence-electron chi connectivity index (χ1n) is 9.43. The molecule has 0 radical (unpaired) electrons. The van der Waals surface area contributed by atoms with Gasteiger partial charge < -0.3 is 5.32 Å². The lowest BCUT2D eigenvalue weighted by atomic mass is 10.1. The van der Waals surface area contributed by atoms with Crippen LogP contribution in [0.4, 0.5) is 5.69 Å². The molecule has 6 heteroatoms. The molecule has 0 aromatic heterocycles. The fourth-order valence-corrected chi connectivity index (χ4v) is 4.52. The standard InChI is InChI=1S/C23H24N2O3S/c1-3-25(21-9-5-4-6-10-21)29(27,28)22-11-7-8-20(16-22)23(26)24-17-19-14-12-18(2)13-15-19/h4-16H,3,17H2,1-2H3,(H,24,26). The number of sulfonamides is 1. The Hall–Kier alpha value is -3.12. The zero-order valence-electron chi connectivity index (χ0n) is 16.5. The number of benzene rings is 3. The molecule has 3 rings (SSSR count). The normalized spacial score (nSPS) is 11.1. The van der Waals surface area contributed by atoms with Crippen LogP contribution in [0, 0.1) is 6.92 Å². The number of carbonyl (C=O) groups excluding carboxylic acids is 1. The van der Waals surface area contributed by atoms with Crippen LogP contribution in [-0.2, 0) is 16.6 Å². The van der Waals surface area contributed by atoms with Crippen LogP contribution in [0.1, 0.15) is 28.4 Å². The van der Waals surface area contributed by atoms with Gasteiger partial charge in [0.1, 0.15) is 0 Å². The second kappa shape index (κ2) is 8.92. The molecule has 0 aliphatic carbocycles. The van der Waals surface area contributed by atoms with Gasteiger partial charge >= 0.3 is 0 Å². The summed E-state index contributed by atoms with van der Waals surface area (Å²) in [4.78, 5) is 12.6. The summed E-state index contributed by atoms with van der Waals surface area (Å²) in [6.45, 7) is 4.45. The van der Waals surface area contributed by atoms with Crippen molar-refractivity contribution in [3.05, 3.63) is 95.6 Å². The summed E-state index contributed by atoms with van der Waals surface area (Å²) in [5.41, 5.74) is 3.03. The van der Waals surface area contributed by atoms with Crippen LogP contribution in [0.15, 0.2) is 83.8 Å². The highest BCUT2D eigenvalue weighted by molar-refractivity contribution is 7.92. The van der Waals surface area contributed by atoms with Crippen molar-refractivity contribution < 1.29 is 13.2 Å². The Morgan fingerprint density at radius 1 is 0.931 bits per heavy atom. The highest BCUT2D eigenvalue weighted by atomic mass is 32.2. The summed E-state index contributed by atoms with van der Waals surface area (Å²) < 4.78 is 27.6. The monoisotopic (exact) mass is 408 g/mol. The molecular formula is C23H24N2O3S. The van der Waals surface area contributed by atoms with E-state index in [2.05, 4.69) is 5.32 Å². The van der Waals surface area contributed by atoms with Gasteiger partial charge in [-0.05, 0) is 49.7 Å². The smallest absolute Gasteiger partial charge is 0.264 e. The Morgan fingerprint density at radius 3 is 2.28 bits per heavy atom. The molecule has 0 spiro atoms. The Balaban J connectivity index is 1.80. The molecular weight excluding hydrogens is 384 g/mol. The summed E-state index contributed by atoms with van der Waals surface area (Å²) in [6, 6.07) is 22.9. The van der Waals surface area contributed by atoms with Crippen molar-refractivity contribution >= 4 is 21.6 Å². The Kier molecular flexibility index (Phi) is 6.34. The quantitative estimate of drug-likeness (QED) is 0.639. The Labute approximate surface area is 172 Å². The van der Waals surface area contributed by atoms with Gasteiger partial charge in [-0.15, -0.1) is 0 Å². The number of aryl methyl sites for hydroxylation is 1. The van der Waals surface area contributed by atoms with E-state index < -0.39 is 10.0 Å². The van der Waals surface area contributed by atoms with Crippen molar-refractivity contribution in [2.24, 2.45) is 0 Å². The third kappa shape index (κ3) is 4.84. The van der Waals surface area contributed by atoms with E-state index >= 15 is 0 Å². The van der Waals surface area contributed by atoms with E-state index in [9.17, 15) is 13.2 Å². The molecule has 29 heavy (non-hydrogen) atoms. The van der Waals surface area contributed by atoms with E-state index in [1.54, 1.807) is 43.3 Å². The molecule has 0 aliphatic rings. The van der Waals surface area contributed by atoms with Gasteiger partial charge in [-0.3, -0.25) is 9.10 Å². The SMILES string of the molecule is CCN(c1ccccc1)S(=O)(=O)c1cccc(C(=O)NCc2ccc(C)cc2)c1. The molecule has 0 atom stereocenters. The molecule has 0 fully saturated rings. The van der Waals surface area contributed by atoms with Crippen LogP contribution in [0.25, 0.3) is 0 Å². The predicted octanol–water partition coefficient (Wildman–Crippen LogP) is 4.14. The highest BCUT2D eigenvalue weighted by Gasteiger charge is 2.24. The molecule has 3 aromatic rings. The topological polar surface area (TPSA) is 66.5 Å². The second-order valence-electron chi connectivity index (χ2n) is 6.70. The lowest BCUT2D eigenvalue weighted by Crippen LogP contribution is -2.31. The van der Waals surface area contributed by atoms with Gasteiger partial charge in [0.15, 0.2) is 0 Å². The van der Waals surface area contributed by atoms with Gasteiger partial charge in [0.2, 0.25) is 0 Å². The molecule has 0 heterocycles. The van der Waals surface area contributed by atoms with Crippen molar-refractivity contribution in [1.29, 1.82) is 0 Å². The number of hydrogen-bond donors (Lipinski definition) is 1. The van der Waals surface area contributed by atoms with E-state index in [-0.39, 0.29) is 17.3 Å². The number of carbonyl (C=O) groups is 1. The molecule has 0 saturated carbocycles. The van der Waals surface area contributed by atoms with Gasteiger partial charge in [0.05, 0.1) is 10.6 Å². The van der Waals surface area contributed by atoms with Crippen molar-refractivity contribution in [1.82, 2.24) is 5.32 Å². The summed E-state index contributed by atoms with van der Waals surface area (Å²) in [7, 11) is -3.78. The molecule has 0 saturated heterocycles. The minimum atomic E-state index is -3.78. The van der Waals surface area contributed by atoms with Crippen LogP contribution in [0.3, 0.4) is 0 Å². The largest absolute Gasteiger partial charge is 0.348 e. The Bertz CT molecular complexity index is 1080. The number of nitrogens with zero attached hydrogens (tertiary/aromatic N) is 1.